The first-order chi connectivity index (χ1) is 11.5. The van der Waals surface area contributed by atoms with E-state index in [4.69, 9.17) is 9.47 Å². The van der Waals surface area contributed by atoms with Crippen molar-refractivity contribution in [2.24, 2.45) is 5.92 Å². The van der Waals surface area contributed by atoms with Crippen LogP contribution in [-0.4, -0.2) is 42.8 Å². The topological polar surface area (TPSA) is 55.8 Å². The molecule has 1 fully saturated rings. The minimum Gasteiger partial charge on any atom is -0.466 e. The lowest BCUT2D eigenvalue weighted by atomic mass is 9.92. The van der Waals surface area contributed by atoms with Gasteiger partial charge < -0.3 is 14.4 Å². The number of halogens is 1. The fourth-order valence-corrected chi connectivity index (χ4v) is 2.70. The third-order valence-corrected chi connectivity index (χ3v) is 4.15. The highest BCUT2D eigenvalue weighted by atomic mass is 19.1. The number of benzene rings is 1. The molecule has 0 unspecified atom stereocenters. The number of esters is 1. The average Bonchev–Trinajstić information content (AvgIpc) is 2.56. The van der Waals surface area contributed by atoms with E-state index >= 15 is 0 Å². The Morgan fingerprint density at radius 3 is 2.58 bits per heavy atom. The first-order valence-corrected chi connectivity index (χ1v) is 8.26. The van der Waals surface area contributed by atoms with Crippen molar-refractivity contribution in [2.45, 2.75) is 39.5 Å². The smallest absolute Gasteiger partial charge is 0.410 e. The van der Waals surface area contributed by atoms with Crippen LogP contribution in [-0.2, 0) is 20.9 Å². The Balaban J connectivity index is 1.78. The van der Waals surface area contributed by atoms with Crippen LogP contribution in [0.4, 0.5) is 9.18 Å². The van der Waals surface area contributed by atoms with E-state index in [1.54, 1.807) is 6.92 Å². The minimum absolute atomic E-state index is 0.0448. The molecule has 2 rings (SSSR count). The van der Waals surface area contributed by atoms with Crippen LogP contribution in [0.5, 0.6) is 0 Å². The van der Waals surface area contributed by atoms with Crippen LogP contribution in [0.25, 0.3) is 0 Å². The first kappa shape index (κ1) is 18.2. The Labute approximate surface area is 141 Å². The van der Waals surface area contributed by atoms with Crippen LogP contribution in [0.3, 0.4) is 0 Å². The second kappa shape index (κ2) is 8.66. The summed E-state index contributed by atoms with van der Waals surface area (Å²) in [6.07, 6.45) is -1.27. The molecule has 0 spiro atoms. The second-order valence-electron chi connectivity index (χ2n) is 6.06. The van der Waals surface area contributed by atoms with Crippen LogP contribution in [0, 0.1) is 12.8 Å². The molecule has 5 nitrogen and oxygen atoms in total. The highest BCUT2D eigenvalue weighted by Gasteiger charge is 2.33. The van der Waals surface area contributed by atoms with Gasteiger partial charge in [-0.2, -0.15) is 0 Å². The summed E-state index contributed by atoms with van der Waals surface area (Å²) >= 11 is 0. The van der Waals surface area contributed by atoms with Gasteiger partial charge in [-0.3, -0.25) is 4.79 Å². The fourth-order valence-electron chi connectivity index (χ4n) is 2.70. The molecule has 0 saturated carbocycles. The lowest BCUT2D eigenvalue weighted by Crippen LogP contribution is -2.45. The second-order valence-corrected chi connectivity index (χ2v) is 6.06. The molecule has 0 bridgehead atoms. The van der Waals surface area contributed by atoms with Crippen LogP contribution in [0.1, 0.15) is 30.9 Å². The maximum absolute atomic E-state index is 14.2. The molecule has 0 aromatic heterocycles. The molecule has 1 saturated heterocycles. The normalized spacial score (nSPS) is 20.5. The van der Waals surface area contributed by atoms with Crippen molar-refractivity contribution >= 4 is 12.1 Å². The molecule has 1 aromatic rings. The van der Waals surface area contributed by atoms with Crippen molar-refractivity contribution in [3.05, 3.63) is 35.4 Å². The number of carbonyl (C=O) groups excluding carboxylic acids is 2. The Morgan fingerprint density at radius 2 is 1.96 bits per heavy atom. The maximum Gasteiger partial charge on any atom is 0.410 e. The Hall–Kier alpha value is -2.11. The van der Waals surface area contributed by atoms with Gasteiger partial charge in [-0.05, 0) is 25.8 Å². The van der Waals surface area contributed by atoms with Crippen molar-refractivity contribution in [1.29, 1.82) is 0 Å². The number of hydrogen-bond acceptors (Lipinski definition) is 4. The van der Waals surface area contributed by atoms with Gasteiger partial charge in [0.05, 0.1) is 19.6 Å². The van der Waals surface area contributed by atoms with Gasteiger partial charge in [-0.1, -0.05) is 29.8 Å². The Morgan fingerprint density at radius 1 is 1.25 bits per heavy atom. The van der Waals surface area contributed by atoms with Crippen molar-refractivity contribution in [2.75, 3.05) is 19.7 Å². The summed E-state index contributed by atoms with van der Waals surface area (Å²) in [6.45, 7) is 4.50. The van der Waals surface area contributed by atoms with E-state index in [1.807, 2.05) is 31.2 Å². The molecule has 1 aliphatic heterocycles. The summed E-state index contributed by atoms with van der Waals surface area (Å²) in [5.74, 6) is -0.786. The summed E-state index contributed by atoms with van der Waals surface area (Å²) in [6, 6.07) is 7.68. The van der Waals surface area contributed by atoms with E-state index in [1.165, 1.54) is 4.90 Å². The predicted octanol–water partition coefficient (Wildman–Crippen LogP) is 3.24. The van der Waals surface area contributed by atoms with Gasteiger partial charge in [-0.25, -0.2) is 9.18 Å². The van der Waals surface area contributed by atoms with E-state index in [0.717, 1.165) is 11.1 Å². The van der Waals surface area contributed by atoms with Crippen LogP contribution >= 0.6 is 0 Å². The van der Waals surface area contributed by atoms with Gasteiger partial charge in [0.2, 0.25) is 0 Å². The highest BCUT2D eigenvalue weighted by Crippen LogP contribution is 2.24. The maximum atomic E-state index is 14.2. The minimum atomic E-state index is -1.24. The fraction of sp³-hybridized carbons (Fsp3) is 0.556. The van der Waals surface area contributed by atoms with Crippen LogP contribution in [0.15, 0.2) is 24.3 Å². The zero-order valence-electron chi connectivity index (χ0n) is 14.2. The highest BCUT2D eigenvalue weighted by molar-refractivity contribution is 5.70. The summed E-state index contributed by atoms with van der Waals surface area (Å²) in [5, 5.41) is 0. The molecule has 0 N–H and O–H groups in total. The number of amides is 1. The predicted molar refractivity (Wildman–Crippen MR) is 87.2 cm³/mol. The quantitative estimate of drug-likeness (QED) is 0.774. The third-order valence-electron chi connectivity index (χ3n) is 4.15. The van der Waals surface area contributed by atoms with Gasteiger partial charge in [0.15, 0.2) is 0 Å². The number of nitrogens with zero attached hydrogens (tertiary/aromatic N) is 1. The van der Waals surface area contributed by atoms with E-state index < -0.39 is 18.2 Å². The van der Waals surface area contributed by atoms with Crippen molar-refractivity contribution in [1.82, 2.24) is 4.90 Å². The van der Waals surface area contributed by atoms with Gasteiger partial charge >= 0.3 is 12.1 Å². The molecule has 1 aromatic carbocycles. The number of hydrogen-bond donors (Lipinski definition) is 0. The van der Waals surface area contributed by atoms with Gasteiger partial charge in [-0.15, -0.1) is 0 Å². The van der Waals surface area contributed by atoms with Crippen LogP contribution < -0.4 is 0 Å². The largest absolute Gasteiger partial charge is 0.466 e. The molecule has 1 aliphatic rings. The molecule has 24 heavy (non-hydrogen) atoms. The summed E-state index contributed by atoms with van der Waals surface area (Å²) in [4.78, 5) is 24.9. The zero-order chi connectivity index (χ0) is 17.5. The number of ether oxygens (including phenoxy) is 2. The number of aryl methyl sites for hydroxylation is 1. The molecule has 1 amide bonds. The summed E-state index contributed by atoms with van der Waals surface area (Å²) < 4.78 is 24.3. The molecular weight excluding hydrogens is 313 g/mol. The molecule has 132 valence electrons. The number of rotatable bonds is 5. The number of piperidine rings is 1. The van der Waals surface area contributed by atoms with E-state index in [-0.39, 0.29) is 25.5 Å². The van der Waals surface area contributed by atoms with Crippen molar-refractivity contribution in [3.8, 4) is 0 Å². The van der Waals surface area contributed by atoms with Gasteiger partial charge in [0.25, 0.3) is 0 Å². The number of likely N-dealkylation sites (tertiary alicyclic amines) is 1. The SMILES string of the molecule is CCOC(=O)C[C@@H]1CCN(C(=O)OCc2ccc(C)cc2)C[C@@H]1F. The summed E-state index contributed by atoms with van der Waals surface area (Å²) in [5.41, 5.74) is 2.02. The molecule has 2 atom stereocenters. The first-order valence-electron chi connectivity index (χ1n) is 8.26. The Bertz CT molecular complexity index is 561. The molecular formula is C18H24FNO4. The van der Waals surface area contributed by atoms with E-state index in [9.17, 15) is 14.0 Å². The molecule has 0 aliphatic carbocycles. The van der Waals surface area contributed by atoms with Gasteiger partial charge in [0.1, 0.15) is 12.8 Å². The lowest BCUT2D eigenvalue weighted by molar-refractivity contribution is -0.145. The zero-order valence-corrected chi connectivity index (χ0v) is 14.2. The Kier molecular flexibility index (Phi) is 6.58. The van der Waals surface area contributed by atoms with Crippen molar-refractivity contribution in [3.63, 3.8) is 0 Å². The van der Waals surface area contributed by atoms with E-state index in [2.05, 4.69) is 0 Å². The van der Waals surface area contributed by atoms with Crippen LogP contribution in [0.2, 0.25) is 0 Å². The number of alkyl halides is 1. The third kappa shape index (κ3) is 5.22. The molecule has 6 heteroatoms. The number of carbonyl (C=O) groups is 2. The average molecular weight is 337 g/mol. The lowest BCUT2D eigenvalue weighted by Gasteiger charge is -2.33. The standard InChI is InChI=1S/C18H24FNO4/c1-3-23-17(21)10-15-8-9-20(11-16(15)19)18(22)24-12-14-6-4-13(2)5-7-14/h4-7,15-16H,3,8-12H2,1-2H3/t15-,16-/m0/s1. The monoisotopic (exact) mass is 337 g/mol. The molecule has 0 radical (unpaired) electrons. The van der Waals surface area contributed by atoms with Crippen molar-refractivity contribution < 1.29 is 23.5 Å². The summed E-state index contributed by atoms with van der Waals surface area (Å²) in [7, 11) is 0. The van der Waals surface area contributed by atoms with E-state index in [0.29, 0.717) is 19.6 Å². The van der Waals surface area contributed by atoms with Gasteiger partial charge in [0, 0.05) is 12.5 Å². The molecule has 1 heterocycles.